The van der Waals surface area contributed by atoms with E-state index in [9.17, 15) is 19.3 Å². The molecular weight excluding hydrogens is 419 g/mol. The molecule has 1 unspecified atom stereocenters. The summed E-state index contributed by atoms with van der Waals surface area (Å²) in [6.07, 6.45) is 3.31. The van der Waals surface area contributed by atoms with E-state index < -0.39 is 22.7 Å². The molecule has 0 bridgehead atoms. The fourth-order valence-corrected chi connectivity index (χ4v) is 3.01. The van der Waals surface area contributed by atoms with Gasteiger partial charge in [-0.3, -0.25) is 14.9 Å². The van der Waals surface area contributed by atoms with Crippen molar-refractivity contribution in [2.24, 2.45) is 7.05 Å². The molecule has 1 heterocycles. The number of rotatable bonds is 5. The molecule has 7 nitrogen and oxygen atoms in total. The molecule has 0 radical (unpaired) electrons. The number of nitro groups is 1. The highest BCUT2D eigenvalue weighted by atomic mass is 79.9. The number of nitrogens with zero attached hydrogens (tertiary/aromatic N) is 3. The minimum atomic E-state index is -0.652. The number of nitrogens with one attached hydrogen (secondary N) is 1. The van der Waals surface area contributed by atoms with Crippen LogP contribution in [-0.4, -0.2) is 20.4 Å². The van der Waals surface area contributed by atoms with Gasteiger partial charge in [0.25, 0.3) is 11.6 Å². The molecule has 0 saturated carbocycles. The molecule has 0 aliphatic rings. The predicted molar refractivity (Wildman–Crippen MR) is 99.7 cm³/mol. The Morgan fingerprint density at radius 2 is 2.00 bits per heavy atom. The molecule has 3 rings (SSSR count). The topological polar surface area (TPSA) is 90.1 Å². The number of imidazole rings is 1. The lowest BCUT2D eigenvalue weighted by atomic mass is 10.0. The summed E-state index contributed by atoms with van der Waals surface area (Å²) in [5.41, 5.74) is 0.551. The summed E-state index contributed by atoms with van der Waals surface area (Å²) in [6, 6.07) is 9.16. The molecule has 1 atom stereocenters. The Bertz CT molecular complexity index is 1000. The van der Waals surface area contributed by atoms with Crippen molar-refractivity contribution in [1.82, 2.24) is 14.9 Å². The van der Waals surface area contributed by atoms with Crippen molar-refractivity contribution in [3.05, 3.63) is 92.2 Å². The lowest BCUT2D eigenvalue weighted by Gasteiger charge is -2.19. The van der Waals surface area contributed by atoms with Gasteiger partial charge in [-0.2, -0.15) is 0 Å². The smallest absolute Gasteiger partial charge is 0.284 e. The molecule has 27 heavy (non-hydrogen) atoms. The fourth-order valence-electron chi connectivity index (χ4n) is 2.62. The Labute approximate surface area is 162 Å². The molecule has 1 aromatic heterocycles. The maximum absolute atomic E-state index is 13.3. The van der Waals surface area contributed by atoms with Crippen molar-refractivity contribution in [3.8, 4) is 0 Å². The minimum Gasteiger partial charge on any atom is -0.338 e. The van der Waals surface area contributed by atoms with Crippen molar-refractivity contribution >= 4 is 27.5 Å². The second-order valence-electron chi connectivity index (χ2n) is 5.78. The second-order valence-corrected chi connectivity index (χ2v) is 6.63. The lowest BCUT2D eigenvalue weighted by Crippen LogP contribution is -2.31. The van der Waals surface area contributed by atoms with Crippen molar-refractivity contribution in [1.29, 1.82) is 0 Å². The van der Waals surface area contributed by atoms with Crippen LogP contribution < -0.4 is 5.32 Å². The van der Waals surface area contributed by atoms with E-state index in [4.69, 9.17) is 0 Å². The van der Waals surface area contributed by atoms with Gasteiger partial charge in [-0.05, 0) is 45.8 Å². The Balaban J connectivity index is 1.96. The quantitative estimate of drug-likeness (QED) is 0.490. The van der Waals surface area contributed by atoms with E-state index in [2.05, 4.69) is 26.2 Å². The number of hydrogen-bond donors (Lipinski definition) is 1. The molecule has 138 valence electrons. The van der Waals surface area contributed by atoms with Crippen LogP contribution in [0.1, 0.15) is 27.8 Å². The normalized spacial score (nSPS) is 11.8. The van der Waals surface area contributed by atoms with Gasteiger partial charge in [-0.1, -0.05) is 12.1 Å². The van der Waals surface area contributed by atoms with Crippen LogP contribution in [0.3, 0.4) is 0 Å². The monoisotopic (exact) mass is 432 g/mol. The van der Waals surface area contributed by atoms with Gasteiger partial charge in [0.1, 0.15) is 17.7 Å². The third kappa shape index (κ3) is 4.03. The van der Waals surface area contributed by atoms with Gasteiger partial charge < -0.3 is 9.88 Å². The number of carbonyl (C=O) groups excluding carboxylic acids is 1. The third-order valence-electron chi connectivity index (χ3n) is 4.00. The first-order valence-corrected chi connectivity index (χ1v) is 8.63. The van der Waals surface area contributed by atoms with Gasteiger partial charge in [0.15, 0.2) is 0 Å². The predicted octanol–water partition coefficient (Wildman–Crippen LogP) is 3.75. The molecule has 2 aromatic carbocycles. The summed E-state index contributed by atoms with van der Waals surface area (Å²) >= 11 is 3.09. The number of aryl methyl sites for hydroxylation is 1. The Hall–Kier alpha value is -3.07. The molecule has 3 aromatic rings. The average molecular weight is 433 g/mol. The van der Waals surface area contributed by atoms with Gasteiger partial charge >= 0.3 is 0 Å². The van der Waals surface area contributed by atoms with Crippen molar-refractivity contribution in [3.63, 3.8) is 0 Å². The Morgan fingerprint density at radius 3 is 2.59 bits per heavy atom. The molecule has 0 fully saturated rings. The van der Waals surface area contributed by atoms with Crippen molar-refractivity contribution < 1.29 is 14.1 Å². The summed E-state index contributed by atoms with van der Waals surface area (Å²) < 4.78 is 15.3. The first kappa shape index (κ1) is 18.7. The molecule has 0 spiro atoms. The van der Waals surface area contributed by atoms with Crippen LogP contribution in [0.15, 0.2) is 59.3 Å². The maximum Gasteiger partial charge on any atom is 0.284 e. The van der Waals surface area contributed by atoms with Crippen molar-refractivity contribution in [2.75, 3.05) is 0 Å². The standard InChI is InChI=1S/C18H14BrFN4O3/c1-23-9-8-21-17(23)16(11-2-5-13(20)6-3-11)22-18(25)12-4-7-14(19)15(10-12)24(26)27/h2-10,16H,1H3,(H,22,25). The lowest BCUT2D eigenvalue weighted by molar-refractivity contribution is -0.385. The van der Waals surface area contributed by atoms with Crippen molar-refractivity contribution in [2.45, 2.75) is 6.04 Å². The number of carbonyl (C=O) groups is 1. The van der Waals surface area contributed by atoms with Gasteiger partial charge in [0.2, 0.25) is 0 Å². The zero-order chi connectivity index (χ0) is 19.6. The zero-order valence-corrected chi connectivity index (χ0v) is 15.7. The number of amides is 1. The molecular formula is C18H14BrFN4O3. The molecule has 0 saturated heterocycles. The summed E-state index contributed by atoms with van der Waals surface area (Å²) in [6.45, 7) is 0. The maximum atomic E-state index is 13.3. The van der Waals surface area contributed by atoms with E-state index in [1.807, 2.05) is 0 Å². The van der Waals surface area contributed by atoms with E-state index in [1.54, 1.807) is 36.1 Å². The molecule has 1 N–H and O–H groups in total. The van der Waals surface area contributed by atoms with Crippen LogP contribution in [0.4, 0.5) is 10.1 Å². The van der Waals surface area contributed by atoms with Gasteiger partial charge in [0, 0.05) is 31.1 Å². The fraction of sp³-hybridized carbons (Fsp3) is 0.111. The minimum absolute atomic E-state index is 0.131. The van der Waals surface area contributed by atoms with Crippen LogP contribution in [0.5, 0.6) is 0 Å². The largest absolute Gasteiger partial charge is 0.338 e. The highest BCUT2D eigenvalue weighted by Crippen LogP contribution is 2.27. The number of nitro benzene ring substituents is 1. The summed E-state index contributed by atoms with van der Waals surface area (Å²) in [4.78, 5) is 27.5. The third-order valence-corrected chi connectivity index (χ3v) is 4.67. The summed E-state index contributed by atoms with van der Waals surface area (Å²) in [5.74, 6) is -0.364. The molecule has 1 amide bonds. The SMILES string of the molecule is Cn1ccnc1C(NC(=O)c1ccc(Br)c([N+](=O)[O-])c1)c1ccc(F)cc1. The van der Waals surface area contributed by atoms with Crippen LogP contribution in [-0.2, 0) is 7.05 Å². The van der Waals surface area contributed by atoms with Gasteiger partial charge in [-0.25, -0.2) is 9.37 Å². The van der Waals surface area contributed by atoms with Gasteiger partial charge in [0.05, 0.1) is 9.40 Å². The molecule has 0 aliphatic heterocycles. The summed E-state index contributed by atoms with van der Waals surface area (Å²) in [7, 11) is 1.77. The second kappa shape index (κ2) is 7.67. The van der Waals surface area contributed by atoms with Crippen LogP contribution in [0.25, 0.3) is 0 Å². The van der Waals surface area contributed by atoms with Crippen LogP contribution >= 0.6 is 15.9 Å². The number of hydrogen-bond acceptors (Lipinski definition) is 4. The first-order chi connectivity index (χ1) is 12.9. The molecule has 0 aliphatic carbocycles. The van der Waals surface area contributed by atoms with E-state index in [0.717, 1.165) is 0 Å². The van der Waals surface area contributed by atoms with E-state index in [1.165, 1.54) is 30.3 Å². The Kier molecular flexibility index (Phi) is 5.31. The number of benzene rings is 2. The van der Waals surface area contributed by atoms with E-state index in [-0.39, 0.29) is 15.7 Å². The van der Waals surface area contributed by atoms with Crippen LogP contribution in [0.2, 0.25) is 0 Å². The average Bonchev–Trinajstić information content (AvgIpc) is 3.06. The highest BCUT2D eigenvalue weighted by molar-refractivity contribution is 9.10. The van der Waals surface area contributed by atoms with E-state index >= 15 is 0 Å². The molecule has 9 heteroatoms. The van der Waals surface area contributed by atoms with E-state index in [0.29, 0.717) is 11.4 Å². The Morgan fingerprint density at radius 1 is 1.30 bits per heavy atom. The highest BCUT2D eigenvalue weighted by Gasteiger charge is 2.23. The summed E-state index contributed by atoms with van der Waals surface area (Å²) in [5, 5.41) is 13.9. The number of aromatic nitrogens is 2. The number of halogens is 2. The van der Waals surface area contributed by atoms with Gasteiger partial charge in [-0.15, -0.1) is 0 Å². The van der Waals surface area contributed by atoms with Crippen LogP contribution in [0, 0.1) is 15.9 Å². The first-order valence-electron chi connectivity index (χ1n) is 7.84. The zero-order valence-electron chi connectivity index (χ0n) is 14.1.